The highest BCUT2D eigenvalue weighted by atomic mass is 32.1. The summed E-state index contributed by atoms with van der Waals surface area (Å²) in [6.07, 6.45) is 2.99. The van der Waals surface area contributed by atoms with E-state index in [9.17, 15) is 10.1 Å². The molecule has 0 N–H and O–H groups in total. The van der Waals surface area contributed by atoms with Crippen LogP contribution in [0.5, 0.6) is 11.5 Å². The lowest BCUT2D eigenvalue weighted by Gasteiger charge is -2.03. The molecule has 0 atom stereocenters. The molecule has 0 aliphatic carbocycles. The van der Waals surface area contributed by atoms with E-state index >= 15 is 0 Å². The van der Waals surface area contributed by atoms with Crippen LogP contribution < -0.4 is 14.3 Å². The Labute approximate surface area is 163 Å². The molecule has 0 unspecified atom stereocenters. The van der Waals surface area contributed by atoms with Gasteiger partial charge in [-0.05, 0) is 32.0 Å². The quantitative estimate of drug-likeness (QED) is 0.369. The fourth-order valence-corrected chi connectivity index (χ4v) is 3.59. The number of nitro groups is 1. The molecule has 0 bridgehead atoms. The fraction of sp³-hybridized carbons (Fsp3) is 0.222. The molecule has 3 heterocycles. The average molecular weight is 400 g/mol. The first-order chi connectivity index (χ1) is 13.5. The number of thiazole rings is 1. The third-order valence-corrected chi connectivity index (χ3v) is 4.69. The summed E-state index contributed by atoms with van der Waals surface area (Å²) < 4.78 is 17.6. The monoisotopic (exact) mass is 400 g/mol. The van der Waals surface area contributed by atoms with Crippen LogP contribution in [0.3, 0.4) is 0 Å². The number of fused-ring (bicyclic) bond motifs is 1. The molecule has 0 radical (unpaired) electrons. The number of furan rings is 1. The average Bonchev–Trinajstić information content (AvgIpc) is 3.39. The van der Waals surface area contributed by atoms with Gasteiger partial charge in [0.05, 0.1) is 29.0 Å². The molecule has 0 amide bonds. The maximum atomic E-state index is 11.5. The van der Waals surface area contributed by atoms with Crippen molar-refractivity contribution in [2.45, 2.75) is 19.9 Å². The molecule has 0 fully saturated rings. The zero-order valence-electron chi connectivity index (χ0n) is 15.1. The molecule has 0 saturated carbocycles. The number of rotatable bonds is 5. The predicted molar refractivity (Wildman–Crippen MR) is 103 cm³/mol. The number of hydrogen-bond acceptors (Lipinski definition) is 8. The van der Waals surface area contributed by atoms with Gasteiger partial charge in [-0.2, -0.15) is 5.10 Å². The van der Waals surface area contributed by atoms with Gasteiger partial charge in [0, 0.05) is 11.4 Å². The van der Waals surface area contributed by atoms with E-state index in [-0.39, 0.29) is 18.5 Å². The molecule has 1 aromatic carbocycles. The van der Waals surface area contributed by atoms with Crippen LogP contribution in [0, 0.1) is 10.1 Å². The molecular weight excluding hydrogens is 384 g/mol. The summed E-state index contributed by atoms with van der Waals surface area (Å²) in [7, 11) is 0. The SMILES string of the molecule is CC(C)N=c1scc(-c2ccco2)n1/N=C/c1cc2c(cc1[N+](=O)[O-])OCO2. The molecular formula is C18H16N4O5S. The number of ether oxygens (including phenoxy) is 2. The van der Waals surface area contributed by atoms with Crippen molar-refractivity contribution < 1.29 is 18.8 Å². The first kappa shape index (κ1) is 18.0. The van der Waals surface area contributed by atoms with E-state index in [1.807, 2.05) is 25.3 Å². The maximum absolute atomic E-state index is 11.5. The van der Waals surface area contributed by atoms with Crippen molar-refractivity contribution >= 4 is 23.2 Å². The summed E-state index contributed by atoms with van der Waals surface area (Å²) >= 11 is 1.41. The molecule has 0 spiro atoms. The van der Waals surface area contributed by atoms with E-state index in [1.165, 1.54) is 23.6 Å². The van der Waals surface area contributed by atoms with Crippen LogP contribution in [0.15, 0.2) is 50.4 Å². The Balaban J connectivity index is 1.82. The molecule has 28 heavy (non-hydrogen) atoms. The third-order valence-electron chi connectivity index (χ3n) is 3.86. The minimum atomic E-state index is -0.478. The van der Waals surface area contributed by atoms with Gasteiger partial charge in [0.25, 0.3) is 5.69 Å². The number of benzene rings is 1. The van der Waals surface area contributed by atoms with Crippen molar-refractivity contribution in [2.75, 3.05) is 6.79 Å². The summed E-state index contributed by atoms with van der Waals surface area (Å²) in [5.41, 5.74) is 0.883. The summed E-state index contributed by atoms with van der Waals surface area (Å²) in [5.74, 6) is 1.42. The van der Waals surface area contributed by atoms with E-state index in [2.05, 4.69) is 10.1 Å². The summed E-state index contributed by atoms with van der Waals surface area (Å²) in [6.45, 7) is 3.96. The van der Waals surface area contributed by atoms with Crippen molar-refractivity contribution in [3.8, 4) is 23.0 Å². The van der Waals surface area contributed by atoms with E-state index in [4.69, 9.17) is 13.9 Å². The Morgan fingerprint density at radius 2 is 2.11 bits per heavy atom. The first-order valence-electron chi connectivity index (χ1n) is 8.43. The summed E-state index contributed by atoms with van der Waals surface area (Å²) in [5, 5.41) is 17.8. The Bertz CT molecular complexity index is 1110. The van der Waals surface area contributed by atoms with Crippen molar-refractivity contribution in [3.63, 3.8) is 0 Å². The van der Waals surface area contributed by atoms with Crippen molar-refractivity contribution in [2.24, 2.45) is 10.1 Å². The van der Waals surface area contributed by atoms with Gasteiger partial charge in [-0.1, -0.05) is 0 Å². The van der Waals surface area contributed by atoms with Gasteiger partial charge in [0.15, 0.2) is 17.3 Å². The lowest BCUT2D eigenvalue weighted by atomic mass is 10.1. The maximum Gasteiger partial charge on any atom is 0.282 e. The van der Waals surface area contributed by atoms with E-state index in [0.29, 0.717) is 33.3 Å². The number of aromatic nitrogens is 1. The van der Waals surface area contributed by atoms with E-state index in [0.717, 1.165) is 0 Å². The number of nitro benzene ring substituents is 1. The second-order valence-corrected chi connectivity index (χ2v) is 7.02. The Kier molecular flexibility index (Phi) is 4.70. The molecule has 2 aromatic heterocycles. The van der Waals surface area contributed by atoms with Crippen molar-refractivity contribution in [1.82, 2.24) is 4.68 Å². The predicted octanol–water partition coefficient (Wildman–Crippen LogP) is 3.64. The van der Waals surface area contributed by atoms with Gasteiger partial charge in [-0.3, -0.25) is 15.1 Å². The van der Waals surface area contributed by atoms with E-state index < -0.39 is 4.92 Å². The van der Waals surface area contributed by atoms with Gasteiger partial charge in [0.2, 0.25) is 11.6 Å². The van der Waals surface area contributed by atoms with Crippen LogP contribution in [0.2, 0.25) is 0 Å². The standard InChI is InChI=1S/C18H16N4O5S/c1-11(2)20-18-21(14(9-28-18)15-4-3-5-25-15)19-8-12-6-16-17(27-10-26-16)7-13(12)22(23)24/h3-9,11H,10H2,1-2H3/b19-8+,20-18?. The molecule has 10 heteroatoms. The van der Waals surface area contributed by atoms with Crippen LogP contribution in [-0.4, -0.2) is 28.6 Å². The van der Waals surface area contributed by atoms with Gasteiger partial charge < -0.3 is 13.9 Å². The van der Waals surface area contributed by atoms with Crippen molar-refractivity contribution in [1.29, 1.82) is 0 Å². The highest BCUT2D eigenvalue weighted by Gasteiger charge is 2.22. The summed E-state index contributed by atoms with van der Waals surface area (Å²) in [6, 6.07) is 6.54. The highest BCUT2D eigenvalue weighted by Crippen LogP contribution is 2.37. The van der Waals surface area contributed by atoms with Gasteiger partial charge in [-0.15, -0.1) is 11.3 Å². The van der Waals surface area contributed by atoms with Crippen molar-refractivity contribution in [3.05, 3.63) is 56.4 Å². The molecule has 0 saturated heterocycles. The highest BCUT2D eigenvalue weighted by molar-refractivity contribution is 7.07. The van der Waals surface area contributed by atoms with Crippen LogP contribution in [0.25, 0.3) is 11.5 Å². The van der Waals surface area contributed by atoms with Gasteiger partial charge in [0.1, 0.15) is 5.69 Å². The second-order valence-electron chi connectivity index (χ2n) is 6.18. The topological polar surface area (TPSA) is 104 Å². The van der Waals surface area contributed by atoms with Crippen LogP contribution in [0.4, 0.5) is 5.69 Å². The zero-order chi connectivity index (χ0) is 19.7. The number of nitrogens with zero attached hydrogens (tertiary/aromatic N) is 4. The van der Waals surface area contributed by atoms with Crippen LogP contribution in [-0.2, 0) is 0 Å². The lowest BCUT2D eigenvalue weighted by Crippen LogP contribution is -2.14. The Morgan fingerprint density at radius 3 is 2.79 bits per heavy atom. The molecule has 3 aromatic rings. The minimum absolute atomic E-state index is 0.0341. The van der Waals surface area contributed by atoms with Gasteiger partial charge >= 0.3 is 0 Å². The zero-order valence-corrected chi connectivity index (χ0v) is 15.9. The second kappa shape index (κ2) is 7.31. The molecule has 4 rings (SSSR count). The lowest BCUT2D eigenvalue weighted by molar-refractivity contribution is -0.385. The van der Waals surface area contributed by atoms with Crippen LogP contribution >= 0.6 is 11.3 Å². The molecule has 1 aliphatic rings. The normalized spacial score (nSPS) is 13.8. The molecule has 1 aliphatic heterocycles. The van der Waals surface area contributed by atoms with Crippen LogP contribution in [0.1, 0.15) is 19.4 Å². The fourth-order valence-electron chi connectivity index (χ4n) is 2.64. The van der Waals surface area contributed by atoms with Gasteiger partial charge in [-0.25, -0.2) is 4.68 Å². The summed E-state index contributed by atoms with van der Waals surface area (Å²) in [4.78, 5) is 16.2. The Morgan fingerprint density at radius 1 is 1.32 bits per heavy atom. The molecule has 144 valence electrons. The first-order valence-corrected chi connectivity index (χ1v) is 9.31. The van der Waals surface area contributed by atoms with E-state index in [1.54, 1.807) is 23.1 Å². The minimum Gasteiger partial charge on any atom is -0.463 e. The number of hydrogen-bond donors (Lipinski definition) is 0. The Hall–Kier alpha value is -3.40. The third kappa shape index (κ3) is 3.41. The largest absolute Gasteiger partial charge is 0.463 e. The smallest absolute Gasteiger partial charge is 0.282 e. The molecule has 9 nitrogen and oxygen atoms in total.